The Labute approximate surface area is 80.8 Å². The summed E-state index contributed by atoms with van der Waals surface area (Å²) in [5.41, 5.74) is 0. The molecule has 0 aromatic carbocycles. The number of rotatable bonds is 3. The van der Waals surface area contributed by atoms with Crippen LogP contribution in [-0.4, -0.2) is 11.0 Å². The van der Waals surface area contributed by atoms with Crippen molar-refractivity contribution in [3.63, 3.8) is 0 Å². The molecule has 1 rings (SSSR count). The highest BCUT2D eigenvalue weighted by Gasteiger charge is 1.96. The smallest absolute Gasteiger partial charge is 0.126 e. The molecule has 0 radical (unpaired) electrons. The van der Waals surface area contributed by atoms with Gasteiger partial charge in [0.15, 0.2) is 0 Å². The Hall–Kier alpha value is -0.830. The number of pyridine rings is 1. The van der Waals surface area contributed by atoms with Gasteiger partial charge in [-0.2, -0.15) is 0 Å². The number of anilines is 1. The van der Waals surface area contributed by atoms with E-state index in [1.165, 1.54) is 0 Å². The molecule has 64 valence electrons. The fraction of sp³-hybridized carbons (Fsp3) is 0.222. The van der Waals surface area contributed by atoms with E-state index in [-0.39, 0.29) is 6.04 Å². The maximum Gasteiger partial charge on any atom is 0.126 e. The van der Waals surface area contributed by atoms with Gasteiger partial charge >= 0.3 is 0 Å². The summed E-state index contributed by atoms with van der Waals surface area (Å²) in [7, 11) is 0. The minimum Gasteiger partial charge on any atom is -0.364 e. The predicted octanol–water partition coefficient (Wildman–Crippen LogP) is 2.83. The molecule has 0 aliphatic heterocycles. The number of nitrogens with one attached hydrogen (secondary N) is 1. The van der Waals surface area contributed by atoms with Crippen LogP contribution in [0.4, 0.5) is 5.82 Å². The van der Waals surface area contributed by atoms with Gasteiger partial charge < -0.3 is 5.32 Å². The van der Waals surface area contributed by atoms with E-state index >= 15 is 0 Å². The van der Waals surface area contributed by atoms with Gasteiger partial charge in [-0.05, 0) is 35.0 Å². The molecule has 1 aromatic heterocycles. The lowest BCUT2D eigenvalue weighted by Crippen LogP contribution is -2.11. The number of hydrogen-bond acceptors (Lipinski definition) is 2. The first kappa shape index (κ1) is 9.26. The summed E-state index contributed by atoms with van der Waals surface area (Å²) in [4.78, 5) is 4.16. The van der Waals surface area contributed by atoms with Crippen molar-refractivity contribution in [3.8, 4) is 0 Å². The maximum absolute atomic E-state index is 4.16. The van der Waals surface area contributed by atoms with Gasteiger partial charge in [-0.25, -0.2) is 4.98 Å². The van der Waals surface area contributed by atoms with Gasteiger partial charge in [0.25, 0.3) is 0 Å². The Bertz CT molecular complexity index is 256. The molecular formula is C9H11BrN2. The van der Waals surface area contributed by atoms with Gasteiger partial charge in [-0.3, -0.25) is 0 Å². The lowest BCUT2D eigenvalue weighted by atomic mass is 10.3. The molecule has 1 atom stereocenters. The van der Waals surface area contributed by atoms with Gasteiger partial charge in [-0.1, -0.05) is 6.08 Å². The Morgan fingerprint density at radius 3 is 2.92 bits per heavy atom. The summed E-state index contributed by atoms with van der Waals surface area (Å²) >= 11 is 3.32. The molecular weight excluding hydrogens is 216 g/mol. The fourth-order valence-electron chi connectivity index (χ4n) is 0.753. The maximum atomic E-state index is 4.16. The lowest BCUT2D eigenvalue weighted by molar-refractivity contribution is 0.983. The van der Waals surface area contributed by atoms with Gasteiger partial charge in [-0.15, -0.1) is 6.58 Å². The molecule has 1 unspecified atom stereocenters. The third kappa shape index (κ3) is 2.66. The van der Waals surface area contributed by atoms with Gasteiger partial charge in [0.05, 0.1) is 0 Å². The molecule has 0 saturated carbocycles. The second-order valence-corrected chi connectivity index (χ2v) is 3.45. The number of aromatic nitrogens is 1. The summed E-state index contributed by atoms with van der Waals surface area (Å²) < 4.78 is 0.985. The van der Waals surface area contributed by atoms with E-state index in [2.05, 4.69) is 32.8 Å². The topological polar surface area (TPSA) is 24.9 Å². The fourth-order valence-corrected chi connectivity index (χ4v) is 0.988. The molecule has 2 nitrogen and oxygen atoms in total. The van der Waals surface area contributed by atoms with Crippen molar-refractivity contribution >= 4 is 21.7 Å². The van der Waals surface area contributed by atoms with Crippen LogP contribution >= 0.6 is 15.9 Å². The second-order valence-electron chi connectivity index (χ2n) is 2.53. The Kier molecular flexibility index (Phi) is 3.29. The van der Waals surface area contributed by atoms with Crippen LogP contribution in [0.15, 0.2) is 35.5 Å². The third-order valence-corrected chi connectivity index (χ3v) is 1.93. The molecule has 0 bridgehead atoms. The van der Waals surface area contributed by atoms with Crippen LogP contribution < -0.4 is 5.32 Å². The molecule has 1 N–H and O–H groups in total. The van der Waals surface area contributed by atoms with Gasteiger partial charge in [0.2, 0.25) is 0 Å². The van der Waals surface area contributed by atoms with E-state index in [0.29, 0.717) is 0 Å². The van der Waals surface area contributed by atoms with E-state index < -0.39 is 0 Å². The molecule has 0 amide bonds. The molecule has 3 heteroatoms. The average molecular weight is 227 g/mol. The highest BCUT2D eigenvalue weighted by molar-refractivity contribution is 9.10. The summed E-state index contributed by atoms with van der Waals surface area (Å²) in [5.74, 6) is 0.866. The first-order chi connectivity index (χ1) is 5.72. The standard InChI is InChI=1S/C9H11BrN2/c1-3-7(2)12-9-5-4-8(10)6-11-9/h3-7H,1H2,2H3,(H,11,12). The summed E-state index contributed by atoms with van der Waals surface area (Å²) in [6.07, 6.45) is 3.60. The summed E-state index contributed by atoms with van der Waals surface area (Å²) in [5, 5.41) is 3.17. The Morgan fingerprint density at radius 1 is 1.67 bits per heavy atom. The van der Waals surface area contributed by atoms with Crippen LogP contribution in [0.3, 0.4) is 0 Å². The van der Waals surface area contributed by atoms with Crippen LogP contribution in [0.25, 0.3) is 0 Å². The normalized spacial score (nSPS) is 12.2. The zero-order valence-electron chi connectivity index (χ0n) is 6.92. The van der Waals surface area contributed by atoms with Gasteiger partial charge in [0, 0.05) is 16.7 Å². The zero-order valence-corrected chi connectivity index (χ0v) is 8.51. The van der Waals surface area contributed by atoms with Crippen molar-refractivity contribution in [2.45, 2.75) is 13.0 Å². The Balaban J connectivity index is 2.64. The van der Waals surface area contributed by atoms with E-state index in [0.717, 1.165) is 10.3 Å². The summed E-state index contributed by atoms with van der Waals surface area (Å²) in [6, 6.07) is 4.12. The van der Waals surface area contributed by atoms with Crippen LogP contribution in [0, 0.1) is 0 Å². The van der Waals surface area contributed by atoms with E-state index in [4.69, 9.17) is 0 Å². The van der Waals surface area contributed by atoms with E-state index in [9.17, 15) is 0 Å². The molecule has 0 spiro atoms. The van der Waals surface area contributed by atoms with Crippen molar-refractivity contribution in [1.82, 2.24) is 4.98 Å². The SMILES string of the molecule is C=CC(C)Nc1ccc(Br)cn1. The second kappa shape index (κ2) is 4.26. The molecule has 12 heavy (non-hydrogen) atoms. The van der Waals surface area contributed by atoms with Crippen molar-refractivity contribution in [3.05, 3.63) is 35.5 Å². The third-order valence-electron chi connectivity index (χ3n) is 1.46. The first-order valence-corrected chi connectivity index (χ1v) is 4.52. The zero-order chi connectivity index (χ0) is 8.97. The van der Waals surface area contributed by atoms with Crippen LogP contribution in [-0.2, 0) is 0 Å². The highest BCUT2D eigenvalue weighted by atomic mass is 79.9. The number of nitrogens with zero attached hydrogens (tertiary/aromatic N) is 1. The predicted molar refractivity (Wildman–Crippen MR) is 55.2 cm³/mol. The molecule has 0 fully saturated rings. The van der Waals surface area contributed by atoms with Crippen LogP contribution in [0.5, 0.6) is 0 Å². The number of hydrogen-bond donors (Lipinski definition) is 1. The van der Waals surface area contributed by atoms with Crippen LogP contribution in [0.1, 0.15) is 6.92 Å². The largest absolute Gasteiger partial charge is 0.364 e. The first-order valence-electron chi connectivity index (χ1n) is 3.73. The minimum absolute atomic E-state index is 0.249. The van der Waals surface area contributed by atoms with Crippen molar-refractivity contribution in [2.24, 2.45) is 0 Å². The van der Waals surface area contributed by atoms with Crippen molar-refractivity contribution in [2.75, 3.05) is 5.32 Å². The molecule has 1 aromatic rings. The van der Waals surface area contributed by atoms with Gasteiger partial charge in [0.1, 0.15) is 5.82 Å². The van der Waals surface area contributed by atoms with Crippen LogP contribution in [0.2, 0.25) is 0 Å². The average Bonchev–Trinajstić information content (AvgIpc) is 2.09. The molecule has 0 saturated heterocycles. The van der Waals surface area contributed by atoms with Crippen molar-refractivity contribution < 1.29 is 0 Å². The molecule has 0 aliphatic carbocycles. The Morgan fingerprint density at radius 2 is 2.42 bits per heavy atom. The lowest BCUT2D eigenvalue weighted by Gasteiger charge is -2.08. The monoisotopic (exact) mass is 226 g/mol. The minimum atomic E-state index is 0.249. The summed E-state index contributed by atoms with van der Waals surface area (Å²) in [6.45, 7) is 5.70. The van der Waals surface area contributed by atoms with E-state index in [1.54, 1.807) is 6.20 Å². The quantitative estimate of drug-likeness (QED) is 0.803. The highest BCUT2D eigenvalue weighted by Crippen LogP contribution is 2.11. The van der Waals surface area contributed by atoms with E-state index in [1.807, 2.05) is 25.1 Å². The van der Waals surface area contributed by atoms with Crippen molar-refractivity contribution in [1.29, 1.82) is 0 Å². The molecule has 0 aliphatic rings. The number of halogens is 1. The molecule has 1 heterocycles.